The Morgan fingerprint density at radius 3 is 2.62 bits per heavy atom. The van der Waals surface area contributed by atoms with Gasteiger partial charge in [-0.3, -0.25) is 4.79 Å². The standard InChI is InChI=1S/C22H21ClF4N2O3/c23-17-9-20-19(31-12-32-20)8-13(17)10-28-6-5-16-2-4-21(30)29(16)11-14-7-15(22(25,26)27)1-3-18(14)24/h1,3,7-9,16,28H,2,4-6,10-12H2/t16-/m0/s1. The van der Waals surface area contributed by atoms with E-state index in [9.17, 15) is 22.4 Å². The third-order valence-electron chi connectivity index (χ3n) is 5.68. The number of hydrogen-bond acceptors (Lipinski definition) is 4. The quantitative estimate of drug-likeness (QED) is 0.460. The van der Waals surface area contributed by atoms with E-state index in [1.54, 1.807) is 12.1 Å². The summed E-state index contributed by atoms with van der Waals surface area (Å²) >= 11 is 6.26. The first-order chi connectivity index (χ1) is 15.2. The highest BCUT2D eigenvalue weighted by molar-refractivity contribution is 6.31. The summed E-state index contributed by atoms with van der Waals surface area (Å²) in [6.45, 7) is 0.983. The zero-order chi connectivity index (χ0) is 22.9. The number of hydrogen-bond donors (Lipinski definition) is 1. The fourth-order valence-corrected chi connectivity index (χ4v) is 4.17. The largest absolute Gasteiger partial charge is 0.454 e. The fraction of sp³-hybridized carbons (Fsp3) is 0.409. The Bertz CT molecular complexity index is 1020. The second kappa shape index (κ2) is 9.15. The van der Waals surface area contributed by atoms with Crippen LogP contribution < -0.4 is 14.8 Å². The maximum absolute atomic E-state index is 14.1. The van der Waals surface area contributed by atoms with Crippen LogP contribution in [-0.2, 0) is 24.1 Å². The third-order valence-corrected chi connectivity index (χ3v) is 6.03. The summed E-state index contributed by atoms with van der Waals surface area (Å²) in [5, 5.41) is 3.80. The lowest BCUT2D eigenvalue weighted by atomic mass is 10.1. The molecule has 2 aliphatic heterocycles. The molecule has 5 nitrogen and oxygen atoms in total. The van der Waals surface area contributed by atoms with E-state index in [4.69, 9.17) is 21.1 Å². The zero-order valence-electron chi connectivity index (χ0n) is 17.0. The number of alkyl halides is 3. The topological polar surface area (TPSA) is 50.8 Å². The molecule has 4 rings (SSSR count). The summed E-state index contributed by atoms with van der Waals surface area (Å²) in [5.41, 5.74) is -0.235. The molecule has 0 bridgehead atoms. The molecule has 0 aromatic heterocycles. The van der Waals surface area contributed by atoms with E-state index >= 15 is 0 Å². The Balaban J connectivity index is 1.35. The number of nitrogens with one attached hydrogen (secondary N) is 1. The predicted molar refractivity (Wildman–Crippen MR) is 109 cm³/mol. The normalized spacial score (nSPS) is 18.0. The number of fused-ring (bicyclic) bond motifs is 1. The average molecular weight is 473 g/mol. The Morgan fingerprint density at radius 2 is 1.88 bits per heavy atom. The first-order valence-electron chi connectivity index (χ1n) is 10.2. The van der Waals surface area contributed by atoms with Crippen molar-refractivity contribution < 1.29 is 31.8 Å². The number of likely N-dealkylation sites (tertiary alicyclic amines) is 1. The van der Waals surface area contributed by atoms with E-state index in [-0.39, 0.29) is 30.9 Å². The number of carbonyl (C=O) groups is 1. The molecule has 2 aliphatic rings. The summed E-state index contributed by atoms with van der Waals surface area (Å²) < 4.78 is 63.7. The highest BCUT2D eigenvalue weighted by Gasteiger charge is 2.34. The zero-order valence-corrected chi connectivity index (χ0v) is 17.7. The molecule has 2 aromatic carbocycles. The molecular weight excluding hydrogens is 452 g/mol. The van der Waals surface area contributed by atoms with Gasteiger partial charge in [0.05, 0.1) is 5.56 Å². The number of carbonyl (C=O) groups excluding carboxylic acids is 1. The molecule has 0 spiro atoms. The van der Waals surface area contributed by atoms with Crippen molar-refractivity contribution in [2.45, 2.75) is 44.6 Å². The second-order valence-corrected chi connectivity index (χ2v) is 8.19. The van der Waals surface area contributed by atoms with Gasteiger partial charge in [-0.05, 0) is 49.2 Å². The molecule has 1 fully saturated rings. The van der Waals surface area contributed by atoms with Crippen LogP contribution in [0.1, 0.15) is 36.0 Å². The minimum Gasteiger partial charge on any atom is -0.454 e. The number of nitrogens with zero attached hydrogens (tertiary/aromatic N) is 1. The van der Waals surface area contributed by atoms with Gasteiger partial charge in [-0.1, -0.05) is 11.6 Å². The van der Waals surface area contributed by atoms with Crippen molar-refractivity contribution >= 4 is 17.5 Å². The Kier molecular flexibility index (Phi) is 6.48. The highest BCUT2D eigenvalue weighted by Crippen LogP contribution is 2.37. The molecule has 1 atom stereocenters. The molecule has 0 aliphatic carbocycles. The van der Waals surface area contributed by atoms with Gasteiger partial charge >= 0.3 is 6.18 Å². The van der Waals surface area contributed by atoms with Crippen LogP contribution >= 0.6 is 11.6 Å². The summed E-state index contributed by atoms with van der Waals surface area (Å²) in [6, 6.07) is 5.59. The molecule has 0 unspecified atom stereocenters. The van der Waals surface area contributed by atoms with Gasteiger partial charge in [0.1, 0.15) is 5.82 Å². The molecule has 32 heavy (non-hydrogen) atoms. The van der Waals surface area contributed by atoms with E-state index in [0.717, 1.165) is 17.7 Å². The van der Waals surface area contributed by atoms with Crippen molar-refractivity contribution in [3.05, 3.63) is 57.9 Å². The summed E-state index contributed by atoms with van der Waals surface area (Å²) in [7, 11) is 0. The fourth-order valence-electron chi connectivity index (χ4n) is 3.95. The van der Waals surface area contributed by atoms with Crippen LogP contribution in [0.2, 0.25) is 5.02 Å². The lowest BCUT2D eigenvalue weighted by molar-refractivity contribution is -0.137. The van der Waals surface area contributed by atoms with E-state index in [0.29, 0.717) is 54.9 Å². The van der Waals surface area contributed by atoms with Gasteiger partial charge in [-0.15, -0.1) is 0 Å². The molecule has 1 N–H and O–H groups in total. The van der Waals surface area contributed by atoms with E-state index < -0.39 is 17.6 Å². The number of rotatable bonds is 7. The molecule has 2 aromatic rings. The summed E-state index contributed by atoms with van der Waals surface area (Å²) in [5.74, 6) is 0.278. The number of benzene rings is 2. The molecule has 0 radical (unpaired) electrons. The SMILES string of the molecule is O=C1CC[C@@H](CCNCc2cc3c(cc2Cl)OCO3)N1Cc1cc(C(F)(F)F)ccc1F. The lowest BCUT2D eigenvalue weighted by Gasteiger charge is -2.25. The van der Waals surface area contributed by atoms with Crippen molar-refractivity contribution in [2.75, 3.05) is 13.3 Å². The van der Waals surface area contributed by atoms with Crippen LogP contribution in [0.5, 0.6) is 11.5 Å². The molecule has 2 heterocycles. The van der Waals surface area contributed by atoms with Gasteiger partial charge in [0.2, 0.25) is 12.7 Å². The van der Waals surface area contributed by atoms with Crippen molar-refractivity contribution in [1.29, 1.82) is 0 Å². The maximum atomic E-state index is 14.1. The van der Waals surface area contributed by atoms with Crippen molar-refractivity contribution in [3.63, 3.8) is 0 Å². The molecule has 0 saturated carbocycles. The van der Waals surface area contributed by atoms with Gasteiger partial charge in [0.15, 0.2) is 11.5 Å². The smallest absolute Gasteiger partial charge is 0.416 e. The maximum Gasteiger partial charge on any atom is 0.416 e. The molecule has 10 heteroatoms. The van der Waals surface area contributed by atoms with Crippen LogP contribution in [0, 0.1) is 5.82 Å². The van der Waals surface area contributed by atoms with E-state index in [1.165, 1.54) is 4.90 Å². The monoisotopic (exact) mass is 472 g/mol. The predicted octanol–water partition coefficient (Wildman–Crippen LogP) is 4.90. The van der Waals surface area contributed by atoms with Crippen LogP contribution in [0.4, 0.5) is 17.6 Å². The van der Waals surface area contributed by atoms with Gasteiger partial charge in [0, 0.05) is 42.2 Å². The minimum atomic E-state index is -4.57. The van der Waals surface area contributed by atoms with Gasteiger partial charge in [0.25, 0.3) is 0 Å². The number of ether oxygens (including phenoxy) is 2. The first-order valence-corrected chi connectivity index (χ1v) is 10.5. The Hall–Kier alpha value is -2.52. The molecular formula is C22H21ClF4N2O3. The van der Waals surface area contributed by atoms with Crippen LogP contribution in [-0.4, -0.2) is 30.2 Å². The van der Waals surface area contributed by atoms with Crippen molar-refractivity contribution in [2.24, 2.45) is 0 Å². The molecule has 1 amide bonds. The van der Waals surface area contributed by atoms with E-state index in [2.05, 4.69) is 5.32 Å². The van der Waals surface area contributed by atoms with Crippen LogP contribution in [0.3, 0.4) is 0 Å². The second-order valence-electron chi connectivity index (χ2n) is 7.78. The van der Waals surface area contributed by atoms with Crippen LogP contribution in [0.25, 0.3) is 0 Å². The highest BCUT2D eigenvalue weighted by atomic mass is 35.5. The number of amides is 1. The van der Waals surface area contributed by atoms with Crippen LogP contribution in [0.15, 0.2) is 30.3 Å². The average Bonchev–Trinajstić information content (AvgIpc) is 3.32. The van der Waals surface area contributed by atoms with Gasteiger partial charge in [-0.2, -0.15) is 13.2 Å². The van der Waals surface area contributed by atoms with E-state index in [1.807, 2.05) is 0 Å². The van der Waals surface area contributed by atoms with Crippen molar-refractivity contribution in [1.82, 2.24) is 10.2 Å². The number of halogens is 5. The van der Waals surface area contributed by atoms with Crippen molar-refractivity contribution in [3.8, 4) is 11.5 Å². The minimum absolute atomic E-state index is 0.139. The Morgan fingerprint density at radius 1 is 1.12 bits per heavy atom. The molecule has 1 saturated heterocycles. The van der Waals surface area contributed by atoms with Gasteiger partial charge in [-0.25, -0.2) is 4.39 Å². The Labute approximate surface area is 187 Å². The molecule has 172 valence electrons. The summed E-state index contributed by atoms with van der Waals surface area (Å²) in [4.78, 5) is 13.8. The third kappa shape index (κ3) is 4.94. The van der Waals surface area contributed by atoms with Gasteiger partial charge < -0.3 is 19.7 Å². The first kappa shape index (κ1) is 22.7. The summed E-state index contributed by atoms with van der Waals surface area (Å²) in [6.07, 6.45) is -3.13. The lowest BCUT2D eigenvalue weighted by Crippen LogP contribution is -2.35.